The lowest BCUT2D eigenvalue weighted by Crippen LogP contribution is -2.00. The maximum absolute atomic E-state index is 6.94. The van der Waals surface area contributed by atoms with E-state index in [0.717, 1.165) is 171 Å². The number of hydrogen-bond acceptors (Lipinski definition) is 9. The molecule has 8 heterocycles. The molecule has 0 saturated carbocycles. The minimum Gasteiger partial charge on any atom is -0.455 e. The average molecular weight is 1540 g/mol. The third-order valence-electron chi connectivity index (χ3n) is 23.4. The normalized spacial score (nSPS) is 11.8. The number of para-hydroxylation sites is 5. The van der Waals surface area contributed by atoms with Gasteiger partial charge in [0.05, 0.1) is 38.5 Å². The first-order valence-electron chi connectivity index (χ1n) is 40.2. The van der Waals surface area contributed by atoms with Crippen molar-refractivity contribution in [3.05, 3.63) is 394 Å². The van der Waals surface area contributed by atoms with Gasteiger partial charge in [0.1, 0.15) is 33.5 Å². The quantitative estimate of drug-likeness (QED) is 0.124. The smallest absolute Gasteiger partial charge is 0.164 e. The zero-order valence-corrected chi connectivity index (χ0v) is 64.3. The summed E-state index contributed by atoms with van der Waals surface area (Å²) < 4.78 is 27.6. The molecule has 12 nitrogen and oxygen atoms in total. The van der Waals surface area contributed by atoms with Gasteiger partial charge in [0.15, 0.2) is 34.9 Å². The fourth-order valence-electron chi connectivity index (χ4n) is 17.9. The molecule has 0 unspecified atom stereocenters. The summed E-state index contributed by atoms with van der Waals surface area (Å²) in [6.07, 6.45) is 0. The summed E-state index contributed by atoms with van der Waals surface area (Å²) in [4.78, 5) is 29.8. The van der Waals surface area contributed by atoms with Crippen molar-refractivity contribution >= 4 is 131 Å². The van der Waals surface area contributed by atoms with E-state index in [-0.39, 0.29) is 0 Å². The molecule has 0 aliphatic rings. The van der Waals surface area contributed by atoms with Gasteiger partial charge >= 0.3 is 0 Å². The van der Waals surface area contributed by atoms with Crippen LogP contribution in [0.5, 0.6) is 0 Å². The van der Waals surface area contributed by atoms with E-state index in [1.165, 1.54) is 32.6 Å². The molecular formula is C108H65N9O3. The summed E-state index contributed by atoms with van der Waals surface area (Å²) in [6, 6.07) is 137. The van der Waals surface area contributed by atoms with Crippen molar-refractivity contribution in [3.63, 3.8) is 0 Å². The zero-order valence-electron chi connectivity index (χ0n) is 64.3. The van der Waals surface area contributed by atoms with Gasteiger partial charge in [-0.3, -0.25) is 0 Å². The fraction of sp³-hybridized carbons (Fsp3) is 0. The highest BCUT2D eigenvalue weighted by Crippen LogP contribution is 2.48. The van der Waals surface area contributed by atoms with Gasteiger partial charge in [-0.15, -0.1) is 0 Å². The summed E-state index contributed by atoms with van der Waals surface area (Å²) in [5.74, 6) is 3.63. The second-order valence-electron chi connectivity index (χ2n) is 30.4. The van der Waals surface area contributed by atoms with Crippen LogP contribution in [-0.2, 0) is 0 Å². The molecule has 0 amide bonds. The molecule has 120 heavy (non-hydrogen) atoms. The van der Waals surface area contributed by atoms with Crippen molar-refractivity contribution < 1.29 is 13.3 Å². The highest BCUT2D eigenvalue weighted by Gasteiger charge is 2.26. The second-order valence-corrected chi connectivity index (χ2v) is 30.4. The Morgan fingerprint density at radius 3 is 0.917 bits per heavy atom. The van der Waals surface area contributed by atoms with E-state index in [4.69, 9.17) is 43.2 Å². The van der Waals surface area contributed by atoms with E-state index in [2.05, 4.69) is 268 Å². The number of nitrogens with zero attached hydrogens (tertiary/aromatic N) is 9. The third-order valence-corrected chi connectivity index (χ3v) is 23.4. The highest BCUT2D eigenvalue weighted by molar-refractivity contribution is 6.25. The Morgan fingerprint density at radius 1 is 0.167 bits per heavy atom. The van der Waals surface area contributed by atoms with Gasteiger partial charge in [0.25, 0.3) is 0 Å². The third kappa shape index (κ3) is 11.2. The highest BCUT2D eigenvalue weighted by atomic mass is 16.3. The largest absolute Gasteiger partial charge is 0.455 e. The molecule has 0 saturated heterocycles. The molecular weight excluding hydrogens is 1470 g/mol. The molecule has 0 fully saturated rings. The summed E-state index contributed by atoms with van der Waals surface area (Å²) >= 11 is 0. The van der Waals surface area contributed by atoms with Crippen molar-refractivity contribution in [3.8, 4) is 108 Å². The van der Waals surface area contributed by atoms with Crippen LogP contribution in [0.1, 0.15) is 0 Å². The maximum Gasteiger partial charge on any atom is 0.164 e. The Kier molecular flexibility index (Phi) is 15.7. The first-order chi connectivity index (χ1) is 59.5. The molecule has 0 spiro atoms. The summed E-state index contributed by atoms with van der Waals surface area (Å²) in [6.45, 7) is 0. The molecule has 560 valence electrons. The lowest BCUT2D eigenvalue weighted by atomic mass is 10.0. The molecule has 25 rings (SSSR count). The van der Waals surface area contributed by atoms with E-state index in [1.54, 1.807) is 0 Å². The first kappa shape index (κ1) is 68.0. The monoisotopic (exact) mass is 1540 g/mol. The van der Waals surface area contributed by atoms with E-state index < -0.39 is 0 Å². The predicted octanol–water partition coefficient (Wildman–Crippen LogP) is 28.1. The van der Waals surface area contributed by atoms with E-state index >= 15 is 0 Å². The average Bonchev–Trinajstić information content (AvgIpc) is 1.56. The Bertz CT molecular complexity index is 8270. The van der Waals surface area contributed by atoms with Crippen molar-refractivity contribution in [1.82, 2.24) is 43.6 Å². The van der Waals surface area contributed by atoms with Gasteiger partial charge in [-0.25, -0.2) is 29.9 Å². The van der Waals surface area contributed by atoms with Crippen LogP contribution in [0.25, 0.3) is 239 Å². The second kappa shape index (κ2) is 27.7. The molecule has 12 heteroatoms. The molecule has 25 aromatic rings. The van der Waals surface area contributed by atoms with Crippen molar-refractivity contribution in [1.29, 1.82) is 0 Å². The van der Waals surface area contributed by atoms with Crippen LogP contribution in [0, 0.1) is 0 Å². The number of benzene rings is 17. The molecule has 17 aromatic carbocycles. The Labute approximate surface area is 685 Å². The van der Waals surface area contributed by atoms with Gasteiger partial charge in [0.2, 0.25) is 0 Å². The topological polar surface area (TPSA) is 132 Å². The molecule has 0 radical (unpaired) electrons. The summed E-state index contributed by atoms with van der Waals surface area (Å²) in [5.41, 5.74) is 24.6. The Hall–Kier alpha value is -16.4. The number of furan rings is 3. The number of hydrogen-bond donors (Lipinski definition) is 0. The van der Waals surface area contributed by atoms with Gasteiger partial charge in [-0.1, -0.05) is 285 Å². The van der Waals surface area contributed by atoms with Crippen molar-refractivity contribution in [2.75, 3.05) is 0 Å². The molecule has 0 atom stereocenters. The van der Waals surface area contributed by atoms with Crippen LogP contribution in [-0.4, -0.2) is 43.6 Å². The van der Waals surface area contributed by atoms with Gasteiger partial charge < -0.3 is 27.0 Å². The SMILES string of the molecule is c1ccc(-c2nc(-c3ccccc3)nc(-c3ccc4c(c3)oc3c(-c5ccccc5)cc(-n5c6ccccc6c6c7oc8ccccc8c7ccc65)cc34)n2)cc1.c1ccc(-c2nc(-c3ccccc3)nc(-c3ccc4c(c3)oc3c(-c5ccccc5)cc(-n5c6ccccc6c6cc7c(cc65)c5ccccc5n7-c5ccccc5)cc34)n2)cc1. The predicted molar refractivity (Wildman–Crippen MR) is 488 cm³/mol. The van der Waals surface area contributed by atoms with Crippen LogP contribution >= 0.6 is 0 Å². The molecule has 0 aliphatic heterocycles. The molecule has 0 N–H and O–H groups in total. The lowest BCUT2D eigenvalue weighted by Gasteiger charge is -2.12. The van der Waals surface area contributed by atoms with Crippen LogP contribution in [0.4, 0.5) is 0 Å². The van der Waals surface area contributed by atoms with Crippen LogP contribution in [0.15, 0.2) is 408 Å². The zero-order chi connectivity index (χ0) is 78.9. The first-order valence-corrected chi connectivity index (χ1v) is 40.2. The van der Waals surface area contributed by atoms with Gasteiger partial charge in [-0.2, -0.15) is 0 Å². The van der Waals surface area contributed by atoms with Crippen molar-refractivity contribution in [2.45, 2.75) is 0 Å². The summed E-state index contributed by atoms with van der Waals surface area (Å²) in [5, 5.41) is 13.4. The van der Waals surface area contributed by atoms with E-state index in [9.17, 15) is 0 Å². The van der Waals surface area contributed by atoms with E-state index in [1.807, 2.05) is 140 Å². The Balaban J connectivity index is 0.000000137. The molecule has 8 aromatic heterocycles. The van der Waals surface area contributed by atoms with E-state index in [0.29, 0.717) is 34.9 Å². The van der Waals surface area contributed by atoms with Crippen LogP contribution in [0.2, 0.25) is 0 Å². The summed E-state index contributed by atoms with van der Waals surface area (Å²) in [7, 11) is 0. The minimum atomic E-state index is 0.580. The number of rotatable bonds is 11. The lowest BCUT2D eigenvalue weighted by molar-refractivity contribution is 0.669. The minimum absolute atomic E-state index is 0.580. The van der Waals surface area contributed by atoms with Gasteiger partial charge in [0, 0.05) is 121 Å². The van der Waals surface area contributed by atoms with Crippen molar-refractivity contribution in [2.24, 2.45) is 0 Å². The number of aromatic nitrogens is 9. The van der Waals surface area contributed by atoms with Crippen LogP contribution in [0.3, 0.4) is 0 Å². The maximum atomic E-state index is 6.94. The fourth-order valence-corrected chi connectivity index (χ4v) is 17.9. The molecule has 0 bridgehead atoms. The van der Waals surface area contributed by atoms with Crippen LogP contribution < -0.4 is 0 Å². The van der Waals surface area contributed by atoms with Gasteiger partial charge in [-0.05, 0) is 120 Å². The number of fused-ring (bicyclic) bond motifs is 19. The Morgan fingerprint density at radius 2 is 0.483 bits per heavy atom. The standard InChI is InChI=1S/C57H35N5O.C51H30N4O2/c1-5-17-36(18-6-1)45-32-41(62-50-28-16-14-26-43(50)47-34-51-46(35-52(47)62)42-25-13-15-27-49(42)61(51)40-23-11-4-12-24-40)33-48-44-30-29-39(31-53(44)63-54(45)48)57-59-55(37-19-7-2-8-20-37)58-56(60-57)38-21-9-3-10-22-38;1-4-14-31(15-5-1)40-29-35(55-42-22-12-10-21-39(42)46-43(55)27-26-38-36-20-11-13-23-44(36)56-48(38)46)30-41-37-25-24-34(28-45(37)57-47(40)41)51-53-49(32-16-6-2-7-17-32)52-50(54-51)33-18-8-3-9-19-33/h1-35H;1-30H. The molecule has 0 aliphatic carbocycles.